The third-order valence-corrected chi connectivity index (χ3v) is 4.49. The number of carbonyl (C=O) groups excluding carboxylic acids is 1. The zero-order valence-electron chi connectivity index (χ0n) is 13.7. The van der Waals surface area contributed by atoms with Crippen molar-refractivity contribution in [1.29, 1.82) is 0 Å². The highest BCUT2D eigenvalue weighted by Gasteiger charge is 2.24. The second kappa shape index (κ2) is 8.41. The van der Waals surface area contributed by atoms with Gasteiger partial charge in [-0.15, -0.1) is 0 Å². The molecule has 0 radical (unpaired) electrons. The van der Waals surface area contributed by atoms with E-state index in [4.69, 9.17) is 9.47 Å². The van der Waals surface area contributed by atoms with E-state index in [0.717, 1.165) is 18.7 Å². The maximum atomic E-state index is 13.2. The molecule has 7 heteroatoms. The van der Waals surface area contributed by atoms with Gasteiger partial charge < -0.3 is 19.7 Å². The van der Waals surface area contributed by atoms with E-state index in [1.54, 1.807) is 17.0 Å². The van der Waals surface area contributed by atoms with E-state index >= 15 is 0 Å². The molecule has 1 unspecified atom stereocenters. The molecule has 2 aliphatic heterocycles. The number of nitrogens with zero attached hydrogens (tertiary/aromatic N) is 2. The normalized spacial score (nSPS) is 20.6. The van der Waals surface area contributed by atoms with Gasteiger partial charge in [0, 0.05) is 32.7 Å². The smallest absolute Gasteiger partial charge is 0.317 e. The molecule has 0 bridgehead atoms. The van der Waals surface area contributed by atoms with Crippen LogP contribution in [-0.2, 0) is 9.47 Å². The van der Waals surface area contributed by atoms with Gasteiger partial charge in [-0.2, -0.15) is 0 Å². The molecule has 2 aliphatic rings. The van der Waals surface area contributed by atoms with Crippen LogP contribution in [-0.4, -0.2) is 75.0 Å². The first-order chi connectivity index (χ1) is 11.7. The third-order valence-electron chi connectivity index (χ3n) is 4.49. The second-order valence-electron chi connectivity index (χ2n) is 6.00. The first kappa shape index (κ1) is 17.1. The first-order valence-electron chi connectivity index (χ1n) is 8.42. The molecule has 2 heterocycles. The maximum Gasteiger partial charge on any atom is 0.317 e. The lowest BCUT2D eigenvalue weighted by atomic mass is 10.0. The van der Waals surface area contributed by atoms with Gasteiger partial charge in [0.15, 0.2) is 0 Å². The number of morpholine rings is 2. The van der Waals surface area contributed by atoms with Crippen molar-refractivity contribution in [3.8, 4) is 0 Å². The van der Waals surface area contributed by atoms with Gasteiger partial charge in [-0.1, -0.05) is 12.1 Å². The summed E-state index contributed by atoms with van der Waals surface area (Å²) in [7, 11) is 0. The maximum absolute atomic E-state index is 13.2. The molecular formula is C17H24FN3O3. The predicted octanol–water partition coefficient (Wildman–Crippen LogP) is 1.24. The van der Waals surface area contributed by atoms with Gasteiger partial charge >= 0.3 is 6.03 Å². The Morgan fingerprint density at radius 1 is 1.04 bits per heavy atom. The Balaban J connectivity index is 1.64. The highest BCUT2D eigenvalue weighted by atomic mass is 19.1. The molecule has 1 N–H and O–H groups in total. The van der Waals surface area contributed by atoms with Crippen LogP contribution in [0.2, 0.25) is 0 Å². The Kier molecular flexibility index (Phi) is 6.01. The molecule has 1 atom stereocenters. The fraction of sp³-hybridized carbons (Fsp3) is 0.588. The second-order valence-corrected chi connectivity index (χ2v) is 6.00. The van der Waals surface area contributed by atoms with E-state index in [-0.39, 0.29) is 17.9 Å². The van der Waals surface area contributed by atoms with Crippen molar-refractivity contribution in [3.63, 3.8) is 0 Å². The Labute approximate surface area is 141 Å². The lowest BCUT2D eigenvalue weighted by molar-refractivity contribution is 0.0158. The van der Waals surface area contributed by atoms with Crippen molar-refractivity contribution < 1.29 is 18.7 Å². The van der Waals surface area contributed by atoms with Crippen LogP contribution in [0.15, 0.2) is 24.3 Å². The number of carbonyl (C=O) groups is 1. The van der Waals surface area contributed by atoms with Gasteiger partial charge in [-0.3, -0.25) is 4.90 Å². The standard InChI is InChI=1S/C17H24FN3O3/c18-15-3-1-14(2-4-15)16(20-5-9-23-10-6-20)13-19-17(22)21-7-11-24-12-8-21/h1-4,16H,5-13H2,(H,19,22). The van der Waals surface area contributed by atoms with E-state index < -0.39 is 0 Å². The Bertz CT molecular complexity index is 528. The average molecular weight is 337 g/mol. The molecule has 24 heavy (non-hydrogen) atoms. The van der Waals surface area contributed by atoms with Crippen LogP contribution in [0, 0.1) is 5.82 Å². The number of halogens is 1. The lowest BCUT2D eigenvalue weighted by Crippen LogP contribution is -2.49. The number of nitrogens with one attached hydrogen (secondary N) is 1. The van der Waals surface area contributed by atoms with Crippen LogP contribution in [0.3, 0.4) is 0 Å². The van der Waals surface area contributed by atoms with E-state index in [1.165, 1.54) is 12.1 Å². The van der Waals surface area contributed by atoms with Crippen molar-refractivity contribution in [2.75, 3.05) is 59.2 Å². The minimum Gasteiger partial charge on any atom is -0.379 e. The molecule has 0 saturated carbocycles. The number of hydrogen-bond donors (Lipinski definition) is 1. The van der Waals surface area contributed by atoms with Crippen molar-refractivity contribution in [3.05, 3.63) is 35.6 Å². The van der Waals surface area contributed by atoms with Crippen molar-refractivity contribution in [2.24, 2.45) is 0 Å². The topological polar surface area (TPSA) is 54.0 Å². The zero-order chi connectivity index (χ0) is 16.8. The quantitative estimate of drug-likeness (QED) is 0.898. The summed E-state index contributed by atoms with van der Waals surface area (Å²) in [5.74, 6) is -0.253. The summed E-state index contributed by atoms with van der Waals surface area (Å²) in [6.45, 7) is 5.84. The Hall–Kier alpha value is -1.70. The van der Waals surface area contributed by atoms with E-state index in [0.29, 0.717) is 46.1 Å². The molecule has 1 aromatic carbocycles. The van der Waals surface area contributed by atoms with Gasteiger partial charge in [0.05, 0.1) is 32.5 Å². The van der Waals surface area contributed by atoms with Gasteiger partial charge in [0.1, 0.15) is 5.82 Å². The largest absolute Gasteiger partial charge is 0.379 e. The van der Waals surface area contributed by atoms with E-state index in [1.807, 2.05) is 0 Å². The molecule has 2 fully saturated rings. The van der Waals surface area contributed by atoms with Crippen LogP contribution in [0.25, 0.3) is 0 Å². The highest BCUT2D eigenvalue weighted by Crippen LogP contribution is 2.21. The summed E-state index contributed by atoms with van der Waals surface area (Å²) < 4.78 is 23.9. The zero-order valence-corrected chi connectivity index (χ0v) is 13.7. The van der Waals surface area contributed by atoms with Gasteiger partial charge in [-0.05, 0) is 17.7 Å². The minimum absolute atomic E-state index is 0.0134. The van der Waals surface area contributed by atoms with Crippen LogP contribution in [0.5, 0.6) is 0 Å². The molecule has 0 aromatic heterocycles. The molecule has 1 aromatic rings. The molecule has 132 valence electrons. The highest BCUT2D eigenvalue weighted by molar-refractivity contribution is 5.74. The SMILES string of the molecule is O=C(NCC(c1ccc(F)cc1)N1CCOCC1)N1CCOCC1. The number of urea groups is 1. The average Bonchev–Trinajstić information content (AvgIpc) is 2.65. The van der Waals surface area contributed by atoms with Crippen LogP contribution in [0.4, 0.5) is 9.18 Å². The molecule has 0 spiro atoms. The number of hydrogen-bond acceptors (Lipinski definition) is 4. The van der Waals surface area contributed by atoms with E-state index in [2.05, 4.69) is 10.2 Å². The fourth-order valence-electron chi connectivity index (χ4n) is 3.09. The molecule has 2 amide bonds. The van der Waals surface area contributed by atoms with Gasteiger partial charge in [0.2, 0.25) is 0 Å². The minimum atomic E-state index is -0.253. The van der Waals surface area contributed by atoms with Crippen LogP contribution >= 0.6 is 0 Å². The number of rotatable bonds is 4. The van der Waals surface area contributed by atoms with E-state index in [9.17, 15) is 9.18 Å². The molecule has 0 aliphatic carbocycles. The Morgan fingerprint density at radius 3 is 2.25 bits per heavy atom. The lowest BCUT2D eigenvalue weighted by Gasteiger charge is -2.35. The fourth-order valence-corrected chi connectivity index (χ4v) is 3.09. The molecule has 6 nitrogen and oxygen atoms in total. The molecular weight excluding hydrogens is 313 g/mol. The summed E-state index contributed by atoms with van der Waals surface area (Å²) in [5.41, 5.74) is 1.00. The van der Waals surface area contributed by atoms with Crippen molar-refractivity contribution in [2.45, 2.75) is 6.04 Å². The predicted molar refractivity (Wildman–Crippen MR) is 87.3 cm³/mol. The number of benzene rings is 1. The Morgan fingerprint density at radius 2 is 1.62 bits per heavy atom. The summed E-state index contributed by atoms with van der Waals surface area (Å²) in [5, 5.41) is 3.02. The molecule has 3 rings (SSSR count). The van der Waals surface area contributed by atoms with Gasteiger partial charge in [0.25, 0.3) is 0 Å². The monoisotopic (exact) mass is 337 g/mol. The summed E-state index contributed by atoms with van der Waals surface area (Å²) >= 11 is 0. The number of amides is 2. The van der Waals surface area contributed by atoms with Gasteiger partial charge in [-0.25, -0.2) is 9.18 Å². The molecule has 2 saturated heterocycles. The number of ether oxygens (including phenoxy) is 2. The van der Waals surface area contributed by atoms with Crippen LogP contribution < -0.4 is 5.32 Å². The van der Waals surface area contributed by atoms with Crippen molar-refractivity contribution >= 4 is 6.03 Å². The van der Waals surface area contributed by atoms with Crippen LogP contribution in [0.1, 0.15) is 11.6 Å². The summed E-state index contributed by atoms with van der Waals surface area (Å²) in [4.78, 5) is 16.4. The summed E-state index contributed by atoms with van der Waals surface area (Å²) in [6.07, 6.45) is 0. The first-order valence-corrected chi connectivity index (χ1v) is 8.42. The van der Waals surface area contributed by atoms with Crippen molar-refractivity contribution in [1.82, 2.24) is 15.1 Å². The third kappa shape index (κ3) is 4.43. The summed E-state index contributed by atoms with van der Waals surface area (Å²) in [6, 6.07) is 6.45.